The number of hydrogen-bond donors (Lipinski definition) is 1. The second kappa shape index (κ2) is 10.2. The van der Waals surface area contributed by atoms with Crippen LogP contribution in [-0.2, 0) is 16.0 Å². The fourth-order valence-corrected chi connectivity index (χ4v) is 2.88. The van der Waals surface area contributed by atoms with Crippen LogP contribution < -0.4 is 10.1 Å². The Hall–Kier alpha value is -2.24. The molecule has 27 heavy (non-hydrogen) atoms. The van der Waals surface area contributed by atoms with Crippen LogP contribution in [0.25, 0.3) is 0 Å². The van der Waals surface area contributed by atoms with Crippen molar-refractivity contribution < 1.29 is 14.3 Å². The van der Waals surface area contributed by atoms with Gasteiger partial charge in [0, 0.05) is 11.6 Å². The largest absolute Gasteiger partial charge is 0.497 e. The van der Waals surface area contributed by atoms with Crippen molar-refractivity contribution in [3.05, 3.63) is 58.1 Å². The van der Waals surface area contributed by atoms with Crippen LogP contribution >= 0.6 is 23.2 Å². The van der Waals surface area contributed by atoms with Gasteiger partial charge in [0.25, 0.3) is 0 Å². The minimum absolute atomic E-state index is 0.0499. The number of nitrogens with one attached hydrogen (secondary N) is 1. The number of amides is 2. The topological polar surface area (TPSA) is 58.6 Å². The Labute approximate surface area is 169 Å². The summed E-state index contributed by atoms with van der Waals surface area (Å²) in [5.41, 5.74) is 1.29. The van der Waals surface area contributed by atoms with Crippen molar-refractivity contribution in [2.24, 2.45) is 0 Å². The SMILES string of the molecule is CCCN(CC(=O)Nc1cc(Cl)ccc1Cl)C(=O)Cc1ccc(OC)cc1. The second-order valence-electron chi connectivity index (χ2n) is 6.01. The lowest BCUT2D eigenvalue weighted by Crippen LogP contribution is -2.39. The summed E-state index contributed by atoms with van der Waals surface area (Å²) >= 11 is 12.0. The predicted molar refractivity (Wildman–Crippen MR) is 109 cm³/mol. The summed E-state index contributed by atoms with van der Waals surface area (Å²) in [7, 11) is 1.59. The Morgan fingerprint density at radius 2 is 1.81 bits per heavy atom. The fourth-order valence-electron chi connectivity index (χ4n) is 2.55. The molecule has 0 saturated carbocycles. The molecule has 0 atom stereocenters. The van der Waals surface area contributed by atoms with E-state index in [0.717, 1.165) is 17.7 Å². The normalized spacial score (nSPS) is 10.4. The molecule has 0 aliphatic heterocycles. The van der Waals surface area contributed by atoms with Crippen molar-refractivity contribution in [2.45, 2.75) is 19.8 Å². The summed E-state index contributed by atoms with van der Waals surface area (Å²) in [6.45, 7) is 2.40. The molecule has 0 unspecified atom stereocenters. The molecule has 0 bridgehead atoms. The lowest BCUT2D eigenvalue weighted by molar-refractivity contribution is -0.134. The van der Waals surface area contributed by atoms with Gasteiger partial charge in [-0.25, -0.2) is 0 Å². The molecule has 2 aromatic carbocycles. The number of benzene rings is 2. The van der Waals surface area contributed by atoms with Crippen LogP contribution in [0.15, 0.2) is 42.5 Å². The third kappa shape index (κ3) is 6.45. The number of methoxy groups -OCH3 is 1. The van der Waals surface area contributed by atoms with E-state index in [-0.39, 0.29) is 24.8 Å². The average Bonchev–Trinajstić information content (AvgIpc) is 2.65. The standard InChI is InChI=1S/C20H22Cl2N2O3/c1-3-10-24(20(26)11-14-4-7-16(27-2)8-5-14)13-19(25)23-18-12-15(21)6-9-17(18)22/h4-9,12H,3,10-11,13H2,1-2H3,(H,23,25). The summed E-state index contributed by atoms with van der Waals surface area (Å²) in [5, 5.41) is 3.56. The molecule has 0 fully saturated rings. The van der Waals surface area contributed by atoms with Gasteiger partial charge in [-0.05, 0) is 42.3 Å². The van der Waals surface area contributed by atoms with E-state index in [1.165, 1.54) is 4.90 Å². The van der Waals surface area contributed by atoms with Gasteiger partial charge in [0.2, 0.25) is 11.8 Å². The Kier molecular flexibility index (Phi) is 7.95. The van der Waals surface area contributed by atoms with Crippen LogP contribution in [-0.4, -0.2) is 36.9 Å². The van der Waals surface area contributed by atoms with E-state index in [0.29, 0.717) is 22.3 Å². The molecule has 0 heterocycles. The molecule has 0 aromatic heterocycles. The highest BCUT2D eigenvalue weighted by molar-refractivity contribution is 6.35. The quantitative estimate of drug-likeness (QED) is 0.702. The van der Waals surface area contributed by atoms with Crippen molar-refractivity contribution >= 4 is 40.7 Å². The smallest absolute Gasteiger partial charge is 0.244 e. The molecule has 0 aliphatic carbocycles. The minimum atomic E-state index is -0.323. The zero-order valence-corrected chi connectivity index (χ0v) is 16.8. The Morgan fingerprint density at radius 3 is 2.44 bits per heavy atom. The molecule has 1 N–H and O–H groups in total. The molecule has 2 rings (SSSR count). The van der Waals surface area contributed by atoms with Crippen molar-refractivity contribution in [1.29, 1.82) is 0 Å². The number of halogens is 2. The third-order valence-corrected chi connectivity index (χ3v) is 4.46. The number of hydrogen-bond acceptors (Lipinski definition) is 3. The monoisotopic (exact) mass is 408 g/mol. The maximum Gasteiger partial charge on any atom is 0.244 e. The molecule has 0 spiro atoms. The van der Waals surface area contributed by atoms with Crippen LogP contribution in [0.4, 0.5) is 5.69 Å². The van der Waals surface area contributed by atoms with E-state index < -0.39 is 0 Å². The van der Waals surface area contributed by atoms with E-state index in [2.05, 4.69) is 5.32 Å². The second-order valence-corrected chi connectivity index (χ2v) is 6.86. The maximum absolute atomic E-state index is 12.6. The first kappa shape index (κ1) is 21.1. The van der Waals surface area contributed by atoms with Gasteiger partial charge in [-0.3, -0.25) is 9.59 Å². The fraction of sp³-hybridized carbons (Fsp3) is 0.300. The van der Waals surface area contributed by atoms with Crippen molar-refractivity contribution in [2.75, 3.05) is 25.5 Å². The summed E-state index contributed by atoms with van der Waals surface area (Å²) < 4.78 is 5.12. The molecule has 0 aliphatic rings. The van der Waals surface area contributed by atoms with Crippen molar-refractivity contribution in [3.8, 4) is 5.75 Å². The molecule has 7 heteroatoms. The first-order valence-corrected chi connectivity index (χ1v) is 9.34. The first-order valence-electron chi connectivity index (χ1n) is 8.58. The van der Waals surface area contributed by atoms with E-state index in [9.17, 15) is 9.59 Å². The van der Waals surface area contributed by atoms with E-state index in [4.69, 9.17) is 27.9 Å². The number of carbonyl (C=O) groups is 2. The molecular formula is C20H22Cl2N2O3. The molecule has 5 nitrogen and oxygen atoms in total. The maximum atomic E-state index is 12.6. The van der Waals surface area contributed by atoms with Gasteiger partial charge in [0.1, 0.15) is 5.75 Å². The van der Waals surface area contributed by atoms with E-state index in [1.807, 2.05) is 19.1 Å². The van der Waals surface area contributed by atoms with Gasteiger partial charge in [0.05, 0.1) is 30.8 Å². The Bertz CT molecular complexity index is 794. The van der Waals surface area contributed by atoms with E-state index in [1.54, 1.807) is 37.4 Å². The molecule has 2 aromatic rings. The molecule has 144 valence electrons. The van der Waals surface area contributed by atoms with Gasteiger partial charge in [0.15, 0.2) is 0 Å². The number of nitrogens with zero attached hydrogens (tertiary/aromatic N) is 1. The van der Waals surface area contributed by atoms with Crippen LogP contribution in [0.3, 0.4) is 0 Å². The zero-order valence-electron chi connectivity index (χ0n) is 15.3. The van der Waals surface area contributed by atoms with Gasteiger partial charge in [-0.15, -0.1) is 0 Å². The highest BCUT2D eigenvalue weighted by atomic mass is 35.5. The van der Waals surface area contributed by atoms with Crippen LogP contribution in [0, 0.1) is 0 Å². The highest BCUT2D eigenvalue weighted by Crippen LogP contribution is 2.25. The van der Waals surface area contributed by atoms with Crippen molar-refractivity contribution in [3.63, 3.8) is 0 Å². The van der Waals surface area contributed by atoms with Crippen LogP contribution in [0.2, 0.25) is 10.0 Å². The number of ether oxygens (including phenoxy) is 1. The van der Waals surface area contributed by atoms with Gasteiger partial charge in [-0.1, -0.05) is 42.3 Å². The molecule has 0 saturated heterocycles. The minimum Gasteiger partial charge on any atom is -0.497 e. The van der Waals surface area contributed by atoms with Gasteiger partial charge in [-0.2, -0.15) is 0 Å². The average molecular weight is 409 g/mol. The summed E-state index contributed by atoms with van der Waals surface area (Å²) in [5.74, 6) is 0.291. The lowest BCUT2D eigenvalue weighted by atomic mass is 10.1. The first-order chi connectivity index (χ1) is 12.9. The molecule has 0 radical (unpaired) electrons. The highest BCUT2D eigenvalue weighted by Gasteiger charge is 2.17. The zero-order chi connectivity index (χ0) is 19.8. The number of anilines is 1. The Morgan fingerprint density at radius 1 is 1.11 bits per heavy atom. The van der Waals surface area contributed by atoms with Crippen LogP contribution in [0.1, 0.15) is 18.9 Å². The van der Waals surface area contributed by atoms with Gasteiger partial charge >= 0.3 is 0 Å². The summed E-state index contributed by atoms with van der Waals surface area (Å²) in [4.78, 5) is 26.6. The van der Waals surface area contributed by atoms with Gasteiger partial charge < -0.3 is 15.0 Å². The third-order valence-electron chi connectivity index (χ3n) is 3.90. The molecular weight excluding hydrogens is 387 g/mol. The number of rotatable bonds is 8. The van der Waals surface area contributed by atoms with Crippen molar-refractivity contribution in [1.82, 2.24) is 4.90 Å². The van der Waals surface area contributed by atoms with Crippen LogP contribution in [0.5, 0.6) is 5.75 Å². The van der Waals surface area contributed by atoms with E-state index >= 15 is 0 Å². The lowest BCUT2D eigenvalue weighted by Gasteiger charge is -2.22. The predicted octanol–water partition coefficient (Wildman–Crippen LogP) is 4.42. The Balaban J connectivity index is 2.01. The molecule has 2 amide bonds. The summed E-state index contributed by atoms with van der Waals surface area (Å²) in [6, 6.07) is 12.1. The summed E-state index contributed by atoms with van der Waals surface area (Å²) in [6.07, 6.45) is 0.967. The number of carbonyl (C=O) groups excluding carboxylic acids is 2.